The third kappa shape index (κ3) is 3.22. The molecule has 0 aromatic heterocycles. The van der Waals surface area contributed by atoms with E-state index in [1.165, 1.54) is 0 Å². The van der Waals surface area contributed by atoms with Crippen LogP contribution in [0.25, 0.3) is 0 Å². The second kappa shape index (κ2) is 6.50. The normalized spacial score (nSPS) is 35.9. The van der Waals surface area contributed by atoms with Crippen LogP contribution in [0.4, 0.5) is 0 Å². The van der Waals surface area contributed by atoms with E-state index >= 15 is 0 Å². The Bertz CT molecular complexity index is 285. The van der Waals surface area contributed by atoms with E-state index in [1.807, 2.05) is 6.92 Å². The molecule has 2 fully saturated rings. The SMILES string of the molecule is CCNC1COCC1C(=O)NC1CCC(OC)C1. The molecular formula is C13H24N2O3. The highest BCUT2D eigenvalue weighted by Gasteiger charge is 2.35. The molecule has 4 unspecified atom stereocenters. The average molecular weight is 256 g/mol. The van der Waals surface area contributed by atoms with Crippen LogP contribution >= 0.6 is 0 Å². The first kappa shape index (κ1) is 13.8. The van der Waals surface area contributed by atoms with E-state index < -0.39 is 0 Å². The second-order valence-electron chi connectivity index (χ2n) is 5.18. The van der Waals surface area contributed by atoms with E-state index in [1.54, 1.807) is 7.11 Å². The molecule has 1 aliphatic carbocycles. The molecule has 18 heavy (non-hydrogen) atoms. The molecule has 0 aromatic rings. The maximum absolute atomic E-state index is 12.2. The summed E-state index contributed by atoms with van der Waals surface area (Å²) in [6.45, 7) is 4.08. The van der Waals surface area contributed by atoms with Crippen LogP contribution in [0.2, 0.25) is 0 Å². The summed E-state index contributed by atoms with van der Waals surface area (Å²) in [5, 5.41) is 6.44. The van der Waals surface area contributed by atoms with Gasteiger partial charge < -0.3 is 20.1 Å². The predicted octanol–water partition coefficient (Wildman–Crippen LogP) is 0.295. The number of amides is 1. The van der Waals surface area contributed by atoms with E-state index in [9.17, 15) is 4.79 Å². The van der Waals surface area contributed by atoms with Crippen molar-refractivity contribution in [2.45, 2.75) is 44.4 Å². The first-order chi connectivity index (χ1) is 8.74. The summed E-state index contributed by atoms with van der Waals surface area (Å²) in [5.41, 5.74) is 0. The summed E-state index contributed by atoms with van der Waals surface area (Å²) in [6, 6.07) is 0.431. The largest absolute Gasteiger partial charge is 0.381 e. The molecule has 5 heteroatoms. The number of hydrogen-bond acceptors (Lipinski definition) is 4. The topological polar surface area (TPSA) is 59.6 Å². The molecule has 0 bridgehead atoms. The number of methoxy groups -OCH3 is 1. The molecule has 0 aromatic carbocycles. The van der Waals surface area contributed by atoms with Crippen molar-refractivity contribution in [1.29, 1.82) is 0 Å². The maximum atomic E-state index is 12.2. The van der Waals surface area contributed by atoms with Gasteiger partial charge in [0.1, 0.15) is 0 Å². The Morgan fingerprint density at radius 3 is 2.89 bits per heavy atom. The molecule has 1 saturated carbocycles. The van der Waals surface area contributed by atoms with Crippen LogP contribution in [0.15, 0.2) is 0 Å². The van der Waals surface area contributed by atoms with Crippen LogP contribution in [-0.4, -0.2) is 51.0 Å². The Morgan fingerprint density at radius 2 is 2.22 bits per heavy atom. The fourth-order valence-corrected chi connectivity index (χ4v) is 2.87. The van der Waals surface area contributed by atoms with Crippen molar-refractivity contribution in [2.24, 2.45) is 5.92 Å². The number of carbonyl (C=O) groups is 1. The lowest BCUT2D eigenvalue weighted by Gasteiger charge is -2.20. The van der Waals surface area contributed by atoms with Crippen LogP contribution in [0.3, 0.4) is 0 Å². The van der Waals surface area contributed by atoms with Gasteiger partial charge in [-0.2, -0.15) is 0 Å². The van der Waals surface area contributed by atoms with E-state index in [0.29, 0.717) is 19.3 Å². The lowest BCUT2D eigenvalue weighted by molar-refractivity contribution is -0.126. The lowest BCUT2D eigenvalue weighted by Crippen LogP contribution is -2.46. The van der Waals surface area contributed by atoms with Crippen LogP contribution in [0.5, 0.6) is 0 Å². The van der Waals surface area contributed by atoms with Gasteiger partial charge in [-0.3, -0.25) is 4.79 Å². The number of hydrogen-bond donors (Lipinski definition) is 2. The maximum Gasteiger partial charge on any atom is 0.227 e. The molecule has 1 saturated heterocycles. The van der Waals surface area contributed by atoms with Gasteiger partial charge in [0.15, 0.2) is 0 Å². The zero-order valence-corrected chi connectivity index (χ0v) is 11.3. The highest BCUT2D eigenvalue weighted by atomic mass is 16.5. The Labute approximate surface area is 109 Å². The Hall–Kier alpha value is -0.650. The van der Waals surface area contributed by atoms with E-state index in [-0.39, 0.29) is 23.9 Å². The Kier molecular flexibility index (Phi) is 4.97. The first-order valence-corrected chi connectivity index (χ1v) is 6.88. The minimum atomic E-state index is -0.0495. The summed E-state index contributed by atoms with van der Waals surface area (Å²) < 4.78 is 10.7. The molecule has 4 atom stereocenters. The Morgan fingerprint density at radius 1 is 1.39 bits per heavy atom. The highest BCUT2D eigenvalue weighted by molar-refractivity contribution is 5.80. The van der Waals surface area contributed by atoms with Gasteiger partial charge in [-0.15, -0.1) is 0 Å². The average Bonchev–Trinajstić information content (AvgIpc) is 2.98. The van der Waals surface area contributed by atoms with Crippen molar-refractivity contribution in [3.05, 3.63) is 0 Å². The number of ether oxygens (including phenoxy) is 2. The van der Waals surface area contributed by atoms with Crippen molar-refractivity contribution in [1.82, 2.24) is 10.6 Å². The molecule has 104 valence electrons. The van der Waals surface area contributed by atoms with Gasteiger partial charge in [0.2, 0.25) is 5.91 Å². The van der Waals surface area contributed by atoms with Crippen LogP contribution in [0, 0.1) is 5.92 Å². The smallest absolute Gasteiger partial charge is 0.227 e. The molecule has 1 heterocycles. The molecule has 1 amide bonds. The highest BCUT2D eigenvalue weighted by Crippen LogP contribution is 2.22. The fourth-order valence-electron chi connectivity index (χ4n) is 2.87. The second-order valence-corrected chi connectivity index (χ2v) is 5.18. The standard InChI is InChI=1S/C13H24N2O3/c1-3-14-12-8-18-7-11(12)13(16)15-9-4-5-10(6-9)17-2/h9-12,14H,3-8H2,1-2H3,(H,15,16). The molecule has 2 aliphatic rings. The summed E-state index contributed by atoms with van der Waals surface area (Å²) in [7, 11) is 1.74. The third-order valence-corrected chi connectivity index (χ3v) is 3.95. The van der Waals surface area contributed by atoms with Crippen molar-refractivity contribution in [3.63, 3.8) is 0 Å². The minimum absolute atomic E-state index is 0.0495. The summed E-state index contributed by atoms with van der Waals surface area (Å²) in [6.07, 6.45) is 3.30. The number of rotatable bonds is 5. The molecule has 0 spiro atoms. The fraction of sp³-hybridized carbons (Fsp3) is 0.923. The number of nitrogens with one attached hydrogen (secondary N) is 2. The molecule has 2 rings (SSSR count). The molecule has 5 nitrogen and oxygen atoms in total. The van der Waals surface area contributed by atoms with Crippen LogP contribution in [0.1, 0.15) is 26.2 Å². The summed E-state index contributed by atoms with van der Waals surface area (Å²) in [4.78, 5) is 12.2. The zero-order chi connectivity index (χ0) is 13.0. The van der Waals surface area contributed by atoms with Crippen molar-refractivity contribution < 1.29 is 14.3 Å². The van der Waals surface area contributed by atoms with E-state index in [2.05, 4.69) is 10.6 Å². The quantitative estimate of drug-likeness (QED) is 0.742. The van der Waals surface area contributed by atoms with Gasteiger partial charge in [-0.25, -0.2) is 0 Å². The predicted molar refractivity (Wildman–Crippen MR) is 68.4 cm³/mol. The molecule has 2 N–H and O–H groups in total. The van der Waals surface area contributed by atoms with Gasteiger partial charge in [-0.1, -0.05) is 6.92 Å². The Balaban J connectivity index is 1.80. The monoisotopic (exact) mass is 256 g/mol. The number of carbonyl (C=O) groups excluding carboxylic acids is 1. The van der Waals surface area contributed by atoms with E-state index in [4.69, 9.17) is 9.47 Å². The van der Waals surface area contributed by atoms with Crippen LogP contribution in [-0.2, 0) is 14.3 Å². The lowest BCUT2D eigenvalue weighted by atomic mass is 10.0. The van der Waals surface area contributed by atoms with Crippen molar-refractivity contribution in [3.8, 4) is 0 Å². The van der Waals surface area contributed by atoms with Gasteiger partial charge in [0.05, 0.1) is 25.2 Å². The van der Waals surface area contributed by atoms with Gasteiger partial charge in [0, 0.05) is 19.2 Å². The molecule has 1 aliphatic heterocycles. The minimum Gasteiger partial charge on any atom is -0.381 e. The van der Waals surface area contributed by atoms with E-state index in [0.717, 1.165) is 25.8 Å². The summed E-state index contributed by atoms with van der Waals surface area (Å²) in [5.74, 6) is 0.0757. The third-order valence-electron chi connectivity index (χ3n) is 3.95. The van der Waals surface area contributed by atoms with Crippen molar-refractivity contribution >= 4 is 5.91 Å². The molecular weight excluding hydrogens is 232 g/mol. The molecule has 0 radical (unpaired) electrons. The number of likely N-dealkylation sites (N-methyl/N-ethyl adjacent to an activating group) is 1. The van der Waals surface area contributed by atoms with Gasteiger partial charge >= 0.3 is 0 Å². The zero-order valence-electron chi connectivity index (χ0n) is 11.3. The van der Waals surface area contributed by atoms with Gasteiger partial charge in [0.25, 0.3) is 0 Å². The van der Waals surface area contributed by atoms with Crippen molar-refractivity contribution in [2.75, 3.05) is 26.9 Å². The first-order valence-electron chi connectivity index (χ1n) is 6.88. The van der Waals surface area contributed by atoms with Gasteiger partial charge in [-0.05, 0) is 25.8 Å². The summed E-state index contributed by atoms with van der Waals surface area (Å²) >= 11 is 0. The van der Waals surface area contributed by atoms with Crippen LogP contribution < -0.4 is 10.6 Å².